The van der Waals surface area contributed by atoms with Gasteiger partial charge in [-0.05, 0) is 64.7 Å². The number of amides is 3. The Kier molecular flexibility index (Phi) is 11.4. The molecule has 196 valence electrons. The van der Waals surface area contributed by atoms with Gasteiger partial charge in [0.1, 0.15) is 17.7 Å². The number of nitrogens with zero attached hydrogens (tertiary/aromatic N) is 1. The van der Waals surface area contributed by atoms with Crippen molar-refractivity contribution in [1.29, 1.82) is 0 Å². The summed E-state index contributed by atoms with van der Waals surface area (Å²) in [5, 5.41) is 15.5. The largest absolute Gasteiger partial charge is 0.444 e. The maximum absolute atomic E-state index is 13.9. The van der Waals surface area contributed by atoms with Crippen molar-refractivity contribution < 1.29 is 24.2 Å². The average Bonchev–Trinajstić information content (AvgIpc) is 2.79. The van der Waals surface area contributed by atoms with Crippen LogP contribution in [0.25, 0.3) is 6.08 Å². The van der Waals surface area contributed by atoms with E-state index < -0.39 is 41.8 Å². The Labute approximate surface area is 210 Å². The zero-order chi connectivity index (χ0) is 26.8. The summed E-state index contributed by atoms with van der Waals surface area (Å²) in [6, 6.07) is 5.01. The molecule has 0 spiro atoms. The molecule has 35 heavy (non-hydrogen) atoms. The molecule has 0 saturated heterocycles. The van der Waals surface area contributed by atoms with Crippen molar-refractivity contribution in [3.05, 3.63) is 42.0 Å². The number of rotatable bonds is 12. The lowest BCUT2D eigenvalue weighted by Crippen LogP contribution is -2.60. The summed E-state index contributed by atoms with van der Waals surface area (Å²) in [7, 11) is 0. The fourth-order valence-corrected chi connectivity index (χ4v) is 3.51. The van der Waals surface area contributed by atoms with Crippen molar-refractivity contribution in [2.75, 3.05) is 13.2 Å². The minimum atomic E-state index is -1.29. The molecular weight excluding hydrogens is 446 g/mol. The number of hydrogen-bond acceptors (Lipinski definition) is 5. The van der Waals surface area contributed by atoms with Gasteiger partial charge < -0.3 is 25.4 Å². The molecule has 1 aromatic carbocycles. The standard InChI is InChI=1S/C27H43N3O5/c1-9-12-16-28-23(32)22(20-15-13-14-19(10-2)17-20)30(27(7,8)11-3)24(33)21(18-31)29-25(34)35-26(4,5)6/h10,13-15,17,21-22,31H,2,9,11-12,16,18H2,1,3-8H3,(H,28,32)(H,29,34). The highest BCUT2D eigenvalue weighted by Gasteiger charge is 2.43. The number of aliphatic hydroxyl groups excluding tert-OH is 1. The predicted molar refractivity (Wildman–Crippen MR) is 139 cm³/mol. The summed E-state index contributed by atoms with van der Waals surface area (Å²) in [6.07, 6.45) is 3.09. The van der Waals surface area contributed by atoms with Gasteiger partial charge in [0.05, 0.1) is 6.61 Å². The van der Waals surface area contributed by atoms with Crippen LogP contribution in [0, 0.1) is 0 Å². The van der Waals surface area contributed by atoms with Gasteiger partial charge in [0.25, 0.3) is 0 Å². The van der Waals surface area contributed by atoms with E-state index in [1.807, 2.05) is 45.9 Å². The van der Waals surface area contributed by atoms with Crippen LogP contribution in [0.2, 0.25) is 0 Å². The highest BCUT2D eigenvalue weighted by Crippen LogP contribution is 2.32. The van der Waals surface area contributed by atoms with E-state index in [4.69, 9.17) is 4.74 Å². The third-order valence-corrected chi connectivity index (χ3v) is 5.72. The summed E-state index contributed by atoms with van der Waals surface area (Å²) in [6.45, 7) is 16.4. The highest BCUT2D eigenvalue weighted by molar-refractivity contribution is 5.92. The quantitative estimate of drug-likeness (QED) is 0.382. The number of unbranched alkanes of at least 4 members (excludes halogenated alkanes) is 1. The monoisotopic (exact) mass is 489 g/mol. The number of alkyl carbamates (subject to hydrolysis) is 1. The van der Waals surface area contributed by atoms with Crippen LogP contribution in [0.5, 0.6) is 0 Å². The second-order valence-corrected chi connectivity index (χ2v) is 10.2. The summed E-state index contributed by atoms with van der Waals surface area (Å²) in [4.78, 5) is 41.3. The van der Waals surface area contributed by atoms with Gasteiger partial charge in [0, 0.05) is 12.1 Å². The molecule has 0 radical (unpaired) electrons. The Hall–Kier alpha value is -2.87. The zero-order valence-corrected chi connectivity index (χ0v) is 22.3. The lowest BCUT2D eigenvalue weighted by atomic mass is 9.91. The first-order valence-electron chi connectivity index (χ1n) is 12.2. The van der Waals surface area contributed by atoms with Crippen LogP contribution in [0.3, 0.4) is 0 Å². The average molecular weight is 490 g/mol. The molecule has 2 unspecified atom stereocenters. The number of nitrogens with one attached hydrogen (secondary N) is 2. The second-order valence-electron chi connectivity index (χ2n) is 10.2. The van der Waals surface area contributed by atoms with Crippen molar-refractivity contribution >= 4 is 24.0 Å². The Bertz CT molecular complexity index is 876. The van der Waals surface area contributed by atoms with Crippen LogP contribution < -0.4 is 10.6 Å². The molecule has 1 rings (SSSR count). The van der Waals surface area contributed by atoms with Crippen molar-refractivity contribution in [1.82, 2.24) is 15.5 Å². The van der Waals surface area contributed by atoms with Gasteiger partial charge >= 0.3 is 6.09 Å². The number of benzene rings is 1. The summed E-state index contributed by atoms with van der Waals surface area (Å²) < 4.78 is 5.28. The molecule has 3 amide bonds. The molecule has 0 saturated carbocycles. The topological polar surface area (TPSA) is 108 Å². The molecule has 0 bridgehead atoms. The number of aliphatic hydroxyl groups is 1. The van der Waals surface area contributed by atoms with Gasteiger partial charge in [-0.25, -0.2) is 4.79 Å². The summed E-state index contributed by atoms with van der Waals surface area (Å²) in [5.41, 5.74) is -0.138. The maximum atomic E-state index is 13.9. The Morgan fingerprint density at radius 2 is 1.83 bits per heavy atom. The van der Waals surface area contributed by atoms with E-state index >= 15 is 0 Å². The third kappa shape index (κ3) is 9.02. The van der Waals surface area contributed by atoms with Gasteiger partial charge in [-0.3, -0.25) is 9.59 Å². The minimum absolute atomic E-state index is 0.330. The van der Waals surface area contributed by atoms with Crippen molar-refractivity contribution in [3.63, 3.8) is 0 Å². The molecule has 0 fully saturated rings. The molecule has 8 heteroatoms. The first-order valence-corrected chi connectivity index (χ1v) is 12.2. The van der Waals surface area contributed by atoms with Crippen LogP contribution in [-0.4, -0.2) is 58.2 Å². The lowest BCUT2D eigenvalue weighted by molar-refractivity contribution is -0.150. The number of carbonyl (C=O) groups excluding carboxylic acids is 3. The van der Waals surface area contributed by atoms with Crippen molar-refractivity contribution in [2.24, 2.45) is 0 Å². The van der Waals surface area contributed by atoms with E-state index in [-0.39, 0.29) is 5.91 Å². The van der Waals surface area contributed by atoms with Gasteiger partial charge in [-0.2, -0.15) is 0 Å². The van der Waals surface area contributed by atoms with E-state index in [1.54, 1.807) is 32.9 Å². The number of ether oxygens (including phenoxy) is 1. The van der Waals surface area contributed by atoms with Gasteiger partial charge in [-0.15, -0.1) is 0 Å². The highest BCUT2D eigenvalue weighted by atomic mass is 16.6. The van der Waals surface area contributed by atoms with Crippen molar-refractivity contribution in [2.45, 2.75) is 91.0 Å². The molecule has 0 heterocycles. The zero-order valence-electron chi connectivity index (χ0n) is 22.3. The van der Waals surface area contributed by atoms with Crippen molar-refractivity contribution in [3.8, 4) is 0 Å². The first-order chi connectivity index (χ1) is 16.3. The number of carbonyl (C=O) groups is 3. The number of hydrogen-bond donors (Lipinski definition) is 3. The Morgan fingerprint density at radius 3 is 2.34 bits per heavy atom. The normalized spacial score (nSPS) is 13.4. The molecule has 1 aromatic rings. The molecule has 8 nitrogen and oxygen atoms in total. The molecule has 0 aliphatic heterocycles. The molecule has 0 aromatic heterocycles. The predicted octanol–water partition coefficient (Wildman–Crippen LogP) is 4.19. The third-order valence-electron chi connectivity index (χ3n) is 5.72. The Morgan fingerprint density at radius 1 is 1.17 bits per heavy atom. The molecular formula is C27H43N3O5. The van der Waals surface area contributed by atoms with Crippen LogP contribution in [-0.2, 0) is 14.3 Å². The van der Waals surface area contributed by atoms with E-state index in [0.29, 0.717) is 18.5 Å². The smallest absolute Gasteiger partial charge is 0.408 e. The van der Waals surface area contributed by atoms with Gasteiger partial charge in [-0.1, -0.05) is 51.1 Å². The van der Waals surface area contributed by atoms with E-state index in [1.165, 1.54) is 4.90 Å². The van der Waals surface area contributed by atoms with Gasteiger partial charge in [0.15, 0.2) is 0 Å². The fourth-order valence-electron chi connectivity index (χ4n) is 3.51. The Balaban J connectivity index is 3.54. The van der Waals surface area contributed by atoms with Gasteiger partial charge in [0.2, 0.25) is 11.8 Å². The van der Waals surface area contributed by atoms with Crippen LogP contribution >= 0.6 is 0 Å². The van der Waals surface area contributed by atoms with Crippen LogP contribution in [0.15, 0.2) is 30.8 Å². The SMILES string of the molecule is C=Cc1cccc(C(C(=O)NCCCC)N(C(=O)C(CO)NC(=O)OC(C)(C)C)C(C)(C)CC)c1. The molecule has 3 N–H and O–H groups in total. The maximum Gasteiger partial charge on any atom is 0.408 e. The fraction of sp³-hybridized carbons (Fsp3) is 0.593. The second kappa shape index (κ2) is 13.3. The summed E-state index contributed by atoms with van der Waals surface area (Å²) in [5.74, 6) is -0.909. The molecule has 0 aliphatic carbocycles. The first kappa shape index (κ1) is 30.2. The van der Waals surface area contributed by atoms with Crippen LogP contribution in [0.1, 0.15) is 84.9 Å². The molecule has 2 atom stereocenters. The molecule has 0 aliphatic rings. The van der Waals surface area contributed by atoms with E-state index in [0.717, 1.165) is 18.4 Å². The van der Waals surface area contributed by atoms with Crippen LogP contribution in [0.4, 0.5) is 4.79 Å². The van der Waals surface area contributed by atoms with E-state index in [9.17, 15) is 19.5 Å². The minimum Gasteiger partial charge on any atom is -0.444 e. The lowest BCUT2D eigenvalue weighted by Gasteiger charge is -2.44. The van der Waals surface area contributed by atoms with E-state index in [2.05, 4.69) is 17.2 Å². The summed E-state index contributed by atoms with van der Waals surface area (Å²) >= 11 is 0.